The van der Waals surface area contributed by atoms with Gasteiger partial charge in [-0.3, -0.25) is 9.59 Å². The lowest BCUT2D eigenvalue weighted by Crippen LogP contribution is -2.45. The van der Waals surface area contributed by atoms with Crippen molar-refractivity contribution in [1.82, 2.24) is 9.71 Å². The van der Waals surface area contributed by atoms with E-state index < -0.39 is 46.3 Å². The Morgan fingerprint density at radius 3 is 2.24 bits per heavy atom. The topological polar surface area (TPSA) is 132 Å². The highest BCUT2D eigenvalue weighted by Crippen LogP contribution is 2.20. The predicted molar refractivity (Wildman–Crippen MR) is 122 cm³/mol. The molecule has 1 unspecified atom stereocenters. The monoisotopic (exact) mass is 498 g/mol. The molecule has 0 fully saturated rings. The number of hydrogen-bond acceptors (Lipinski definition) is 7. The molecule has 0 saturated heterocycles. The van der Waals surface area contributed by atoms with Crippen molar-refractivity contribution < 1.29 is 32.3 Å². The minimum absolute atomic E-state index is 0.0644. The van der Waals surface area contributed by atoms with Gasteiger partial charge in [0.25, 0.3) is 0 Å². The first-order valence-electron chi connectivity index (χ1n) is 10.2. The lowest BCUT2D eigenvalue weighted by molar-refractivity contribution is -0.145. The van der Waals surface area contributed by atoms with Crippen molar-refractivity contribution in [2.75, 3.05) is 13.2 Å². The first-order valence-corrected chi connectivity index (χ1v) is 12.1. The maximum atomic E-state index is 12.6. The van der Waals surface area contributed by atoms with Crippen LogP contribution in [-0.2, 0) is 24.3 Å². The molecular weight excluding hydrogens is 472 g/mol. The number of ether oxygens (including phenoxy) is 2. The number of aromatic nitrogens is 1. The highest BCUT2D eigenvalue weighted by molar-refractivity contribution is 7.89. The number of aromatic amines is 1. The average Bonchev–Trinajstić information content (AvgIpc) is 3.04. The second-order valence-corrected chi connectivity index (χ2v) is 9.82. The SMILES string of the molecule is CCOC(=O)c1c(C)[nH]c(C(=O)COC(=O)C(NS(=O)(=O)c2ccc(Cl)cc2)C(C)C)c1C. The summed E-state index contributed by atoms with van der Waals surface area (Å²) in [5.74, 6) is -2.49. The molecule has 0 aliphatic heterocycles. The van der Waals surface area contributed by atoms with Crippen LogP contribution >= 0.6 is 11.6 Å². The van der Waals surface area contributed by atoms with Crippen molar-refractivity contribution in [2.24, 2.45) is 5.92 Å². The molecule has 1 heterocycles. The summed E-state index contributed by atoms with van der Waals surface area (Å²) in [5, 5.41) is 0.369. The second kappa shape index (κ2) is 11.0. The van der Waals surface area contributed by atoms with Gasteiger partial charge in [-0.25, -0.2) is 13.2 Å². The summed E-state index contributed by atoms with van der Waals surface area (Å²) in [6, 6.07) is 4.24. The van der Waals surface area contributed by atoms with Crippen LogP contribution in [0.15, 0.2) is 29.2 Å². The number of nitrogens with one attached hydrogen (secondary N) is 2. The Labute approximate surface area is 197 Å². The summed E-state index contributed by atoms with van der Waals surface area (Å²) < 4.78 is 37.7. The zero-order chi connectivity index (χ0) is 24.9. The van der Waals surface area contributed by atoms with E-state index in [0.29, 0.717) is 16.3 Å². The van der Waals surface area contributed by atoms with Crippen molar-refractivity contribution in [1.29, 1.82) is 0 Å². The number of hydrogen-bond donors (Lipinski definition) is 2. The molecule has 0 aliphatic rings. The van der Waals surface area contributed by atoms with E-state index in [0.717, 1.165) is 0 Å². The quantitative estimate of drug-likeness (QED) is 0.379. The highest BCUT2D eigenvalue weighted by atomic mass is 35.5. The fourth-order valence-corrected chi connectivity index (χ4v) is 4.60. The normalized spacial score (nSPS) is 12.5. The summed E-state index contributed by atoms with van der Waals surface area (Å²) in [7, 11) is -4.03. The zero-order valence-corrected chi connectivity index (χ0v) is 20.6. The smallest absolute Gasteiger partial charge is 0.340 e. The first-order chi connectivity index (χ1) is 15.4. The van der Waals surface area contributed by atoms with Gasteiger partial charge in [-0.15, -0.1) is 0 Å². The van der Waals surface area contributed by atoms with Gasteiger partial charge in [0.2, 0.25) is 15.8 Å². The molecule has 0 spiro atoms. The van der Waals surface area contributed by atoms with Crippen molar-refractivity contribution >= 4 is 39.3 Å². The molecule has 2 N–H and O–H groups in total. The second-order valence-electron chi connectivity index (χ2n) is 7.67. The molecule has 0 saturated carbocycles. The first kappa shape index (κ1) is 26.6. The number of carbonyl (C=O) groups is 3. The van der Waals surface area contributed by atoms with Crippen LogP contribution in [0.2, 0.25) is 5.02 Å². The van der Waals surface area contributed by atoms with E-state index in [4.69, 9.17) is 21.1 Å². The van der Waals surface area contributed by atoms with Gasteiger partial charge in [-0.1, -0.05) is 25.4 Å². The molecule has 0 bridgehead atoms. The van der Waals surface area contributed by atoms with Crippen molar-refractivity contribution in [3.8, 4) is 0 Å². The molecule has 0 radical (unpaired) electrons. The van der Waals surface area contributed by atoms with E-state index in [1.807, 2.05) is 0 Å². The molecule has 0 aliphatic carbocycles. The van der Waals surface area contributed by atoms with Crippen LogP contribution < -0.4 is 4.72 Å². The summed E-state index contributed by atoms with van der Waals surface area (Å²) in [4.78, 5) is 40.1. The Morgan fingerprint density at radius 2 is 1.70 bits per heavy atom. The zero-order valence-electron chi connectivity index (χ0n) is 19.0. The van der Waals surface area contributed by atoms with Gasteiger partial charge in [0.15, 0.2) is 6.61 Å². The predicted octanol–water partition coefficient (Wildman–Crippen LogP) is 3.19. The van der Waals surface area contributed by atoms with Crippen LogP contribution in [0.4, 0.5) is 0 Å². The van der Waals surface area contributed by atoms with Crippen molar-refractivity contribution in [3.63, 3.8) is 0 Å². The number of benzene rings is 1. The van der Waals surface area contributed by atoms with E-state index in [1.165, 1.54) is 24.3 Å². The number of H-pyrrole nitrogens is 1. The van der Waals surface area contributed by atoms with Crippen LogP contribution in [0, 0.1) is 19.8 Å². The van der Waals surface area contributed by atoms with Gasteiger partial charge in [-0.2, -0.15) is 4.72 Å². The molecule has 2 rings (SSSR count). The van der Waals surface area contributed by atoms with E-state index in [2.05, 4.69) is 9.71 Å². The standard InChI is InChI=1S/C22H27ClN2O7S/c1-6-31-21(27)18-13(4)20(24-14(18)5)17(26)11-32-22(28)19(12(2)3)25-33(29,30)16-9-7-15(23)8-10-16/h7-10,12,19,24-25H,6,11H2,1-5H3. The van der Waals surface area contributed by atoms with Crippen LogP contribution in [0.5, 0.6) is 0 Å². The number of Topliss-reactive ketones (excluding diaryl/α,β-unsaturated/α-hetero) is 1. The maximum absolute atomic E-state index is 12.6. The lowest BCUT2D eigenvalue weighted by Gasteiger charge is -2.20. The van der Waals surface area contributed by atoms with E-state index >= 15 is 0 Å². The van der Waals surface area contributed by atoms with Gasteiger partial charge >= 0.3 is 11.9 Å². The number of sulfonamides is 1. The number of ketones is 1. The van der Waals surface area contributed by atoms with E-state index in [-0.39, 0.29) is 22.8 Å². The summed E-state index contributed by atoms with van der Waals surface area (Å²) >= 11 is 5.80. The van der Waals surface area contributed by atoms with Gasteiger partial charge in [0.05, 0.1) is 22.8 Å². The molecule has 11 heteroatoms. The molecule has 1 atom stereocenters. The minimum atomic E-state index is -4.03. The fourth-order valence-electron chi connectivity index (χ4n) is 3.14. The van der Waals surface area contributed by atoms with Crippen LogP contribution in [-0.4, -0.2) is 50.4 Å². The number of aryl methyl sites for hydroxylation is 1. The van der Waals surface area contributed by atoms with Gasteiger partial charge < -0.3 is 14.5 Å². The highest BCUT2D eigenvalue weighted by Gasteiger charge is 2.31. The Kier molecular flexibility index (Phi) is 8.82. The van der Waals surface area contributed by atoms with Crippen LogP contribution in [0.1, 0.15) is 52.9 Å². The molecule has 1 aromatic heterocycles. The third-order valence-electron chi connectivity index (χ3n) is 4.87. The Hall–Kier alpha value is -2.69. The van der Waals surface area contributed by atoms with E-state index in [9.17, 15) is 22.8 Å². The van der Waals surface area contributed by atoms with Crippen LogP contribution in [0.3, 0.4) is 0 Å². The number of carbonyl (C=O) groups excluding carboxylic acids is 3. The fraction of sp³-hybridized carbons (Fsp3) is 0.409. The number of rotatable bonds is 10. The Bertz CT molecular complexity index is 1140. The third-order valence-corrected chi connectivity index (χ3v) is 6.58. The summed E-state index contributed by atoms with van der Waals surface area (Å²) in [6.45, 7) is 7.72. The molecule has 33 heavy (non-hydrogen) atoms. The van der Waals surface area contributed by atoms with Gasteiger partial charge in [0.1, 0.15) is 6.04 Å². The van der Waals surface area contributed by atoms with E-state index in [1.54, 1.807) is 34.6 Å². The minimum Gasteiger partial charge on any atom is -0.462 e. The van der Waals surface area contributed by atoms with Gasteiger partial charge in [0, 0.05) is 10.7 Å². The average molecular weight is 499 g/mol. The third kappa shape index (κ3) is 6.43. The van der Waals surface area contributed by atoms with Crippen molar-refractivity contribution in [2.45, 2.75) is 45.6 Å². The number of halogens is 1. The molecule has 9 nitrogen and oxygen atoms in total. The van der Waals surface area contributed by atoms with Gasteiger partial charge in [-0.05, 0) is 56.5 Å². The summed E-state index contributed by atoms with van der Waals surface area (Å²) in [5.41, 5.74) is 1.21. The maximum Gasteiger partial charge on any atom is 0.340 e. The lowest BCUT2D eigenvalue weighted by atomic mass is 10.1. The molecule has 1 aromatic carbocycles. The van der Waals surface area contributed by atoms with Crippen LogP contribution in [0.25, 0.3) is 0 Å². The largest absolute Gasteiger partial charge is 0.462 e. The Morgan fingerprint density at radius 1 is 1.09 bits per heavy atom. The molecule has 2 aromatic rings. The molecular formula is C22H27ClN2O7S. The Balaban J connectivity index is 2.12. The van der Waals surface area contributed by atoms with Crippen molar-refractivity contribution in [3.05, 3.63) is 51.8 Å². The molecule has 0 amide bonds. The summed E-state index contributed by atoms with van der Waals surface area (Å²) in [6.07, 6.45) is 0. The molecule has 180 valence electrons. The number of esters is 2.